The van der Waals surface area contributed by atoms with Crippen molar-refractivity contribution < 1.29 is 14.3 Å². The fourth-order valence-corrected chi connectivity index (χ4v) is 5.19. The molecule has 4 rings (SSSR count). The van der Waals surface area contributed by atoms with E-state index in [0.29, 0.717) is 12.0 Å². The van der Waals surface area contributed by atoms with Gasteiger partial charge in [0, 0.05) is 50.5 Å². The number of anilines is 1. The molecule has 7 heteroatoms. The average Bonchev–Trinajstić information content (AvgIpc) is 3.11. The largest absolute Gasteiger partial charge is 0.381 e. The van der Waals surface area contributed by atoms with Crippen LogP contribution in [0.4, 0.5) is 5.13 Å². The van der Waals surface area contributed by atoms with Crippen LogP contribution >= 0.6 is 11.3 Å². The van der Waals surface area contributed by atoms with Crippen LogP contribution in [0, 0.1) is 5.92 Å². The van der Waals surface area contributed by atoms with E-state index >= 15 is 0 Å². The van der Waals surface area contributed by atoms with Crippen LogP contribution in [0.15, 0.2) is 0 Å². The first kappa shape index (κ1) is 17.2. The van der Waals surface area contributed by atoms with Gasteiger partial charge in [0.2, 0.25) is 5.91 Å². The molecule has 1 aromatic heterocycles. The van der Waals surface area contributed by atoms with E-state index in [4.69, 9.17) is 14.5 Å². The molecule has 1 unspecified atom stereocenters. The third kappa shape index (κ3) is 3.68. The number of rotatable bonds is 3. The topological polar surface area (TPSA) is 54.9 Å². The highest BCUT2D eigenvalue weighted by Gasteiger charge is 2.33. The Morgan fingerprint density at radius 1 is 1.20 bits per heavy atom. The highest BCUT2D eigenvalue weighted by molar-refractivity contribution is 7.15. The SMILES string of the molecule is COC1CCN(C(=O)C2CCc3sc(N4CCOCC4)nc3C2)CC1. The molecule has 138 valence electrons. The molecule has 2 fully saturated rings. The van der Waals surface area contributed by atoms with E-state index in [9.17, 15) is 4.79 Å². The summed E-state index contributed by atoms with van der Waals surface area (Å²) in [5, 5.41) is 1.11. The summed E-state index contributed by atoms with van der Waals surface area (Å²) >= 11 is 1.81. The van der Waals surface area contributed by atoms with Crippen molar-refractivity contribution in [3.8, 4) is 0 Å². The van der Waals surface area contributed by atoms with Crippen molar-refractivity contribution in [1.29, 1.82) is 0 Å². The van der Waals surface area contributed by atoms with E-state index in [1.165, 1.54) is 4.88 Å². The number of carbonyl (C=O) groups excluding carboxylic acids is 1. The normalized spacial score (nSPS) is 25.1. The summed E-state index contributed by atoms with van der Waals surface area (Å²) in [6.45, 7) is 5.06. The monoisotopic (exact) mass is 365 g/mol. The van der Waals surface area contributed by atoms with Gasteiger partial charge in [0.1, 0.15) is 0 Å². The van der Waals surface area contributed by atoms with E-state index in [1.54, 1.807) is 7.11 Å². The number of hydrogen-bond donors (Lipinski definition) is 0. The number of likely N-dealkylation sites (tertiary alicyclic amines) is 1. The van der Waals surface area contributed by atoms with Crippen LogP contribution in [-0.2, 0) is 27.1 Å². The fraction of sp³-hybridized carbons (Fsp3) is 0.778. The maximum Gasteiger partial charge on any atom is 0.226 e. The molecule has 25 heavy (non-hydrogen) atoms. The molecule has 0 bridgehead atoms. The van der Waals surface area contributed by atoms with E-state index in [0.717, 1.165) is 82.3 Å². The molecule has 1 atom stereocenters. The number of aryl methyl sites for hydroxylation is 1. The number of thiazole rings is 1. The lowest BCUT2D eigenvalue weighted by Crippen LogP contribution is -2.44. The van der Waals surface area contributed by atoms with Gasteiger partial charge in [0.05, 0.1) is 25.0 Å². The van der Waals surface area contributed by atoms with E-state index < -0.39 is 0 Å². The van der Waals surface area contributed by atoms with E-state index in [2.05, 4.69) is 4.90 Å². The number of methoxy groups -OCH3 is 1. The first-order valence-electron chi connectivity index (χ1n) is 9.37. The number of morpholine rings is 1. The average molecular weight is 365 g/mol. The number of carbonyl (C=O) groups is 1. The number of piperidine rings is 1. The lowest BCUT2D eigenvalue weighted by Gasteiger charge is -2.34. The highest BCUT2D eigenvalue weighted by atomic mass is 32.1. The first-order chi connectivity index (χ1) is 12.2. The number of ether oxygens (including phenoxy) is 2. The summed E-state index contributed by atoms with van der Waals surface area (Å²) in [4.78, 5) is 23.5. The zero-order chi connectivity index (χ0) is 17.2. The van der Waals surface area contributed by atoms with Crippen molar-refractivity contribution in [2.75, 3.05) is 51.4 Å². The summed E-state index contributed by atoms with van der Waals surface area (Å²) in [7, 11) is 1.76. The predicted molar refractivity (Wildman–Crippen MR) is 97.3 cm³/mol. The van der Waals surface area contributed by atoms with Crippen molar-refractivity contribution >= 4 is 22.4 Å². The summed E-state index contributed by atoms with van der Waals surface area (Å²) < 4.78 is 10.8. The Bertz CT molecular complexity index is 607. The van der Waals surface area contributed by atoms with Gasteiger partial charge in [0.15, 0.2) is 5.13 Å². The molecule has 0 aromatic carbocycles. The van der Waals surface area contributed by atoms with Gasteiger partial charge in [-0.2, -0.15) is 0 Å². The second-order valence-electron chi connectivity index (χ2n) is 7.17. The number of nitrogens with zero attached hydrogens (tertiary/aromatic N) is 3. The molecular formula is C18H27N3O3S. The molecule has 1 aromatic rings. The number of amides is 1. The summed E-state index contributed by atoms with van der Waals surface area (Å²) in [5.41, 5.74) is 1.16. The third-order valence-corrected chi connectivity index (χ3v) is 6.86. The maximum atomic E-state index is 12.9. The Kier molecular flexibility index (Phi) is 5.24. The molecule has 3 heterocycles. The van der Waals surface area contributed by atoms with Gasteiger partial charge in [-0.25, -0.2) is 4.98 Å². The minimum Gasteiger partial charge on any atom is -0.381 e. The molecule has 1 amide bonds. The standard InChI is InChI=1S/C18H27N3O3S/c1-23-14-4-6-20(7-5-14)17(22)13-2-3-16-15(12-13)19-18(25-16)21-8-10-24-11-9-21/h13-14H,2-12H2,1H3. The second kappa shape index (κ2) is 7.60. The van der Waals surface area contributed by atoms with Crippen molar-refractivity contribution in [1.82, 2.24) is 9.88 Å². The molecule has 2 aliphatic heterocycles. The van der Waals surface area contributed by atoms with Crippen molar-refractivity contribution in [2.45, 2.75) is 38.2 Å². The zero-order valence-electron chi connectivity index (χ0n) is 14.9. The molecule has 3 aliphatic rings. The number of hydrogen-bond acceptors (Lipinski definition) is 6. The fourth-order valence-electron chi connectivity index (χ4n) is 4.04. The van der Waals surface area contributed by atoms with E-state index in [-0.39, 0.29) is 5.92 Å². The van der Waals surface area contributed by atoms with Crippen LogP contribution in [0.2, 0.25) is 0 Å². The van der Waals surface area contributed by atoms with Crippen molar-refractivity contribution in [3.63, 3.8) is 0 Å². The quantitative estimate of drug-likeness (QED) is 0.816. The molecule has 6 nitrogen and oxygen atoms in total. The lowest BCUT2D eigenvalue weighted by molar-refractivity contribution is -0.138. The molecule has 0 N–H and O–H groups in total. The minimum absolute atomic E-state index is 0.103. The van der Waals surface area contributed by atoms with Gasteiger partial charge in [-0.15, -0.1) is 11.3 Å². The molecular weight excluding hydrogens is 338 g/mol. The summed E-state index contributed by atoms with van der Waals surface area (Å²) in [6, 6.07) is 0. The van der Waals surface area contributed by atoms with Crippen LogP contribution in [-0.4, -0.2) is 68.4 Å². The Hall–Kier alpha value is -1.18. The van der Waals surface area contributed by atoms with Crippen LogP contribution in [0.3, 0.4) is 0 Å². The predicted octanol–water partition coefficient (Wildman–Crippen LogP) is 1.72. The van der Waals surface area contributed by atoms with Crippen molar-refractivity contribution in [3.05, 3.63) is 10.6 Å². The zero-order valence-corrected chi connectivity index (χ0v) is 15.7. The van der Waals surface area contributed by atoms with Gasteiger partial charge in [-0.1, -0.05) is 0 Å². The Morgan fingerprint density at radius 3 is 2.68 bits per heavy atom. The molecule has 0 saturated carbocycles. The molecule has 1 aliphatic carbocycles. The third-order valence-electron chi connectivity index (χ3n) is 5.64. The first-order valence-corrected chi connectivity index (χ1v) is 10.2. The van der Waals surface area contributed by atoms with Crippen LogP contribution in [0.25, 0.3) is 0 Å². The summed E-state index contributed by atoms with van der Waals surface area (Å²) in [6.07, 6.45) is 4.98. The maximum absolute atomic E-state index is 12.9. The Morgan fingerprint density at radius 2 is 1.96 bits per heavy atom. The smallest absolute Gasteiger partial charge is 0.226 e. The second-order valence-corrected chi connectivity index (χ2v) is 8.23. The van der Waals surface area contributed by atoms with Crippen LogP contribution in [0.1, 0.15) is 29.8 Å². The molecule has 2 saturated heterocycles. The minimum atomic E-state index is 0.103. The molecule has 0 radical (unpaired) electrons. The summed E-state index contributed by atoms with van der Waals surface area (Å²) in [5.74, 6) is 0.423. The van der Waals surface area contributed by atoms with Crippen molar-refractivity contribution in [2.24, 2.45) is 5.92 Å². The highest BCUT2D eigenvalue weighted by Crippen LogP contribution is 2.35. The van der Waals surface area contributed by atoms with Gasteiger partial charge >= 0.3 is 0 Å². The van der Waals surface area contributed by atoms with Gasteiger partial charge < -0.3 is 19.3 Å². The van der Waals surface area contributed by atoms with Crippen LogP contribution < -0.4 is 4.90 Å². The lowest BCUT2D eigenvalue weighted by atomic mass is 9.89. The van der Waals surface area contributed by atoms with E-state index in [1.807, 2.05) is 16.2 Å². The number of aromatic nitrogens is 1. The Labute approximate surface area is 153 Å². The number of fused-ring (bicyclic) bond motifs is 1. The van der Waals surface area contributed by atoms with Gasteiger partial charge in [-0.3, -0.25) is 4.79 Å². The van der Waals surface area contributed by atoms with Crippen LogP contribution in [0.5, 0.6) is 0 Å². The molecule has 0 spiro atoms. The van der Waals surface area contributed by atoms with Gasteiger partial charge in [-0.05, 0) is 25.7 Å². The Balaban J connectivity index is 1.39. The van der Waals surface area contributed by atoms with Gasteiger partial charge in [0.25, 0.3) is 0 Å².